The summed E-state index contributed by atoms with van der Waals surface area (Å²) in [6.07, 6.45) is 4.14. The molecule has 0 aliphatic heterocycles. The van der Waals surface area contributed by atoms with E-state index in [2.05, 4.69) is 76.9 Å². The Bertz CT molecular complexity index is 951. The Morgan fingerprint density at radius 1 is 0.696 bits per heavy atom. The van der Waals surface area contributed by atoms with E-state index >= 15 is 0 Å². The first-order valence-corrected chi connectivity index (χ1v) is 7.67. The van der Waals surface area contributed by atoms with Crippen molar-refractivity contribution in [2.45, 2.75) is 0 Å². The van der Waals surface area contributed by atoms with Gasteiger partial charge in [-0.1, -0.05) is 72.8 Å². The summed E-state index contributed by atoms with van der Waals surface area (Å²) in [5, 5.41) is 8.70. The average molecular weight is 296 g/mol. The van der Waals surface area contributed by atoms with E-state index in [9.17, 15) is 0 Å². The Morgan fingerprint density at radius 3 is 2.22 bits per heavy atom. The van der Waals surface area contributed by atoms with Gasteiger partial charge in [-0.2, -0.15) is 5.10 Å². The van der Waals surface area contributed by atoms with E-state index < -0.39 is 0 Å². The van der Waals surface area contributed by atoms with Crippen molar-refractivity contribution >= 4 is 23.1 Å². The van der Waals surface area contributed by atoms with Crippen LogP contribution < -0.4 is 0 Å². The summed E-state index contributed by atoms with van der Waals surface area (Å²) in [5.41, 5.74) is 5.60. The molecule has 4 rings (SSSR count). The van der Waals surface area contributed by atoms with Crippen LogP contribution in [-0.4, -0.2) is 10.2 Å². The number of fused-ring (bicyclic) bond motifs is 1. The summed E-state index contributed by atoms with van der Waals surface area (Å²) in [6, 6.07) is 27.1. The zero-order chi connectivity index (χ0) is 15.5. The van der Waals surface area contributed by atoms with Gasteiger partial charge in [0.15, 0.2) is 0 Å². The van der Waals surface area contributed by atoms with Gasteiger partial charge in [-0.05, 0) is 34.9 Å². The van der Waals surface area contributed by atoms with Gasteiger partial charge in [0.25, 0.3) is 0 Å². The van der Waals surface area contributed by atoms with E-state index in [0.29, 0.717) is 0 Å². The lowest BCUT2D eigenvalue weighted by molar-refractivity contribution is 1.11. The second-order valence-corrected chi connectivity index (χ2v) is 5.48. The summed E-state index contributed by atoms with van der Waals surface area (Å²) in [4.78, 5) is 0. The van der Waals surface area contributed by atoms with E-state index in [1.54, 1.807) is 0 Å². The molecule has 23 heavy (non-hydrogen) atoms. The molecule has 0 aliphatic rings. The second kappa shape index (κ2) is 5.93. The van der Waals surface area contributed by atoms with Crippen LogP contribution in [0.3, 0.4) is 0 Å². The smallest absolute Gasteiger partial charge is 0.0927 e. The maximum Gasteiger partial charge on any atom is 0.0927 e. The summed E-state index contributed by atoms with van der Waals surface area (Å²) in [5.74, 6) is 0. The molecule has 3 aromatic carbocycles. The van der Waals surface area contributed by atoms with Crippen molar-refractivity contribution in [3.63, 3.8) is 0 Å². The van der Waals surface area contributed by atoms with Crippen molar-refractivity contribution in [2.24, 2.45) is 0 Å². The Labute approximate surface area is 135 Å². The Morgan fingerprint density at radius 2 is 1.43 bits per heavy atom. The van der Waals surface area contributed by atoms with E-state index in [1.165, 1.54) is 16.7 Å². The minimum Gasteiger partial charge on any atom is -0.277 e. The Kier molecular flexibility index (Phi) is 3.49. The lowest BCUT2D eigenvalue weighted by Gasteiger charge is -2.01. The van der Waals surface area contributed by atoms with Gasteiger partial charge in [-0.15, -0.1) is 0 Å². The molecular formula is C21H16N2. The zero-order valence-electron chi connectivity index (χ0n) is 12.6. The molecule has 2 nitrogen and oxygen atoms in total. The molecule has 0 saturated heterocycles. The topological polar surface area (TPSA) is 28.7 Å². The summed E-state index contributed by atoms with van der Waals surface area (Å²) < 4.78 is 0. The number of nitrogens with one attached hydrogen (secondary N) is 1. The molecule has 4 aromatic rings. The van der Waals surface area contributed by atoms with Crippen molar-refractivity contribution in [3.8, 4) is 11.1 Å². The second-order valence-electron chi connectivity index (χ2n) is 5.48. The predicted molar refractivity (Wildman–Crippen MR) is 96.9 cm³/mol. The van der Waals surface area contributed by atoms with Crippen molar-refractivity contribution in [1.29, 1.82) is 0 Å². The van der Waals surface area contributed by atoms with Gasteiger partial charge in [-0.3, -0.25) is 5.10 Å². The van der Waals surface area contributed by atoms with Gasteiger partial charge < -0.3 is 0 Å². The first-order chi connectivity index (χ1) is 11.4. The fourth-order valence-electron chi connectivity index (χ4n) is 2.72. The third-order valence-corrected chi connectivity index (χ3v) is 3.93. The molecule has 0 atom stereocenters. The number of H-pyrrole nitrogens is 1. The molecule has 0 fully saturated rings. The molecule has 0 radical (unpaired) electrons. The van der Waals surface area contributed by atoms with Crippen molar-refractivity contribution in [2.75, 3.05) is 0 Å². The number of rotatable bonds is 3. The first-order valence-electron chi connectivity index (χ1n) is 7.67. The molecular weight excluding hydrogens is 280 g/mol. The van der Waals surface area contributed by atoms with Crippen LogP contribution in [0.2, 0.25) is 0 Å². The molecule has 1 heterocycles. The normalized spacial score (nSPS) is 11.3. The number of nitrogens with zero attached hydrogens (tertiary/aromatic N) is 1. The monoisotopic (exact) mass is 296 g/mol. The molecule has 0 amide bonds. The molecule has 0 bridgehead atoms. The number of aromatic nitrogens is 2. The lowest BCUT2D eigenvalue weighted by Crippen LogP contribution is -1.77. The minimum absolute atomic E-state index is 0.962. The van der Waals surface area contributed by atoms with Crippen LogP contribution in [-0.2, 0) is 0 Å². The molecule has 0 spiro atoms. The summed E-state index contributed by atoms with van der Waals surface area (Å²) in [6.45, 7) is 0. The van der Waals surface area contributed by atoms with Gasteiger partial charge in [-0.25, -0.2) is 0 Å². The van der Waals surface area contributed by atoms with Gasteiger partial charge in [0, 0.05) is 5.39 Å². The average Bonchev–Trinajstić information content (AvgIpc) is 3.04. The van der Waals surface area contributed by atoms with Crippen LogP contribution in [0, 0.1) is 0 Å². The lowest BCUT2D eigenvalue weighted by atomic mass is 10.0. The van der Waals surface area contributed by atoms with Crippen LogP contribution in [0.15, 0.2) is 78.9 Å². The highest BCUT2D eigenvalue weighted by Gasteiger charge is 2.05. The van der Waals surface area contributed by atoms with Crippen molar-refractivity contribution < 1.29 is 0 Å². The number of benzene rings is 3. The van der Waals surface area contributed by atoms with E-state index in [-0.39, 0.29) is 0 Å². The van der Waals surface area contributed by atoms with Crippen LogP contribution in [0.4, 0.5) is 0 Å². The molecule has 2 heteroatoms. The predicted octanol–water partition coefficient (Wildman–Crippen LogP) is 5.40. The third-order valence-electron chi connectivity index (χ3n) is 3.93. The standard InChI is InChI=1S/C21H16N2/c1-3-7-16(8-4-1)11-14-20-19-13-12-18(15-21(19)23-22-20)17-9-5-2-6-10-17/h1-15H,(H,22,23). The van der Waals surface area contributed by atoms with Crippen LogP contribution in [0.25, 0.3) is 34.2 Å². The number of hydrogen-bond acceptors (Lipinski definition) is 1. The molecule has 0 saturated carbocycles. The van der Waals surface area contributed by atoms with Gasteiger partial charge in [0.1, 0.15) is 0 Å². The maximum absolute atomic E-state index is 4.43. The molecule has 1 N–H and O–H groups in total. The molecule has 0 unspecified atom stereocenters. The fourth-order valence-corrected chi connectivity index (χ4v) is 2.72. The van der Waals surface area contributed by atoms with Crippen molar-refractivity contribution in [1.82, 2.24) is 10.2 Å². The zero-order valence-corrected chi connectivity index (χ0v) is 12.6. The quantitative estimate of drug-likeness (QED) is 0.538. The molecule has 110 valence electrons. The SMILES string of the molecule is C(=Cc1n[nH]c2cc(-c3ccccc3)ccc12)c1ccccc1. The highest BCUT2D eigenvalue weighted by molar-refractivity contribution is 5.92. The maximum atomic E-state index is 4.43. The Hall–Kier alpha value is -3.13. The van der Waals surface area contributed by atoms with Crippen LogP contribution >= 0.6 is 0 Å². The van der Waals surface area contributed by atoms with Crippen molar-refractivity contribution in [3.05, 3.63) is 90.1 Å². The van der Waals surface area contributed by atoms with E-state index in [0.717, 1.165) is 16.6 Å². The van der Waals surface area contributed by atoms with Crippen LogP contribution in [0.5, 0.6) is 0 Å². The molecule has 1 aromatic heterocycles. The number of hydrogen-bond donors (Lipinski definition) is 1. The van der Waals surface area contributed by atoms with E-state index in [1.807, 2.05) is 24.3 Å². The highest BCUT2D eigenvalue weighted by Crippen LogP contribution is 2.25. The molecule has 0 aliphatic carbocycles. The summed E-state index contributed by atoms with van der Waals surface area (Å²) in [7, 11) is 0. The fraction of sp³-hybridized carbons (Fsp3) is 0. The third kappa shape index (κ3) is 2.79. The number of aromatic amines is 1. The van der Waals surface area contributed by atoms with Crippen LogP contribution in [0.1, 0.15) is 11.3 Å². The summed E-state index contributed by atoms with van der Waals surface area (Å²) >= 11 is 0. The van der Waals surface area contributed by atoms with Gasteiger partial charge in [0.05, 0.1) is 11.2 Å². The van der Waals surface area contributed by atoms with E-state index in [4.69, 9.17) is 0 Å². The van der Waals surface area contributed by atoms with Gasteiger partial charge >= 0.3 is 0 Å². The van der Waals surface area contributed by atoms with Gasteiger partial charge in [0.2, 0.25) is 0 Å². The highest BCUT2D eigenvalue weighted by atomic mass is 15.1. The largest absolute Gasteiger partial charge is 0.277 e. The first kappa shape index (κ1) is 13.5. The Balaban J connectivity index is 1.69. The minimum atomic E-state index is 0.962.